The van der Waals surface area contributed by atoms with E-state index in [-0.39, 0.29) is 13.2 Å². The molecule has 114 valence electrons. The summed E-state index contributed by atoms with van der Waals surface area (Å²) in [5.74, 6) is 0. The molecule has 0 amide bonds. The van der Waals surface area contributed by atoms with Crippen molar-refractivity contribution in [3.63, 3.8) is 0 Å². The fourth-order valence-electron chi connectivity index (χ4n) is 2.62. The highest BCUT2D eigenvalue weighted by Gasteiger charge is 2.12. The minimum absolute atomic E-state index is 0.133. The van der Waals surface area contributed by atoms with Gasteiger partial charge in [-0.15, -0.1) is 0 Å². The van der Waals surface area contributed by atoms with Crippen molar-refractivity contribution in [3.8, 4) is 0 Å². The van der Waals surface area contributed by atoms with Gasteiger partial charge in [0, 0.05) is 25.7 Å². The van der Waals surface area contributed by atoms with Gasteiger partial charge in [-0.1, -0.05) is 29.3 Å². The Labute approximate surface area is 122 Å². The molecule has 4 nitrogen and oxygen atoms in total. The Morgan fingerprint density at radius 3 is 2.00 bits per heavy atom. The molecule has 1 rings (SSSR count). The van der Waals surface area contributed by atoms with Gasteiger partial charge in [0.15, 0.2) is 0 Å². The highest BCUT2D eigenvalue weighted by atomic mass is 16.3. The largest absolute Gasteiger partial charge is 0.395 e. The number of nitrogens with one attached hydrogen (secondary N) is 1. The van der Waals surface area contributed by atoms with Crippen molar-refractivity contribution in [2.75, 3.05) is 39.9 Å². The Morgan fingerprint density at radius 1 is 1.00 bits per heavy atom. The topological polar surface area (TPSA) is 55.7 Å². The Hall–Kier alpha value is -0.940. The molecule has 0 radical (unpaired) electrons. The lowest BCUT2D eigenvalue weighted by molar-refractivity contribution is 0.156. The summed E-state index contributed by atoms with van der Waals surface area (Å²) < 4.78 is 0. The highest BCUT2D eigenvalue weighted by molar-refractivity contribution is 5.30. The molecule has 1 unspecified atom stereocenters. The minimum atomic E-state index is 0.133. The minimum Gasteiger partial charge on any atom is -0.395 e. The predicted molar refractivity (Wildman–Crippen MR) is 82.9 cm³/mol. The first kappa shape index (κ1) is 17.1. The monoisotopic (exact) mass is 280 g/mol. The van der Waals surface area contributed by atoms with Crippen LogP contribution >= 0.6 is 0 Å². The molecule has 4 heteroatoms. The van der Waals surface area contributed by atoms with Crippen LogP contribution in [0.15, 0.2) is 18.2 Å². The number of hydrogen-bond acceptors (Lipinski definition) is 4. The molecule has 1 aromatic rings. The first-order valence-electron chi connectivity index (χ1n) is 7.30. The van der Waals surface area contributed by atoms with Crippen LogP contribution in [0.1, 0.15) is 29.2 Å². The molecule has 0 bridgehead atoms. The summed E-state index contributed by atoms with van der Waals surface area (Å²) in [6, 6.07) is 6.92. The number of hydrogen-bond donors (Lipinski definition) is 3. The first-order valence-corrected chi connectivity index (χ1v) is 7.30. The van der Waals surface area contributed by atoms with E-state index in [2.05, 4.69) is 42.3 Å². The lowest BCUT2D eigenvalue weighted by Gasteiger charge is -2.24. The molecule has 3 N–H and O–H groups in total. The van der Waals surface area contributed by atoms with Crippen molar-refractivity contribution < 1.29 is 10.2 Å². The van der Waals surface area contributed by atoms with Gasteiger partial charge in [0.1, 0.15) is 0 Å². The van der Waals surface area contributed by atoms with E-state index >= 15 is 0 Å². The van der Waals surface area contributed by atoms with Crippen LogP contribution in [0.5, 0.6) is 0 Å². The standard InChI is InChI=1S/C16H28N2O2/c1-13-10-14(2)12-15(11-13)16(17-3)4-5-18(6-8-19)7-9-20/h10-12,16-17,19-20H,4-9H2,1-3H3. The lowest BCUT2D eigenvalue weighted by atomic mass is 9.99. The number of rotatable bonds is 9. The summed E-state index contributed by atoms with van der Waals surface area (Å²) in [4.78, 5) is 2.09. The van der Waals surface area contributed by atoms with Crippen LogP contribution in [0.25, 0.3) is 0 Å². The van der Waals surface area contributed by atoms with Crippen molar-refractivity contribution >= 4 is 0 Å². The predicted octanol–water partition coefficient (Wildman–Crippen LogP) is 1.24. The van der Waals surface area contributed by atoms with E-state index in [4.69, 9.17) is 10.2 Å². The Balaban J connectivity index is 2.66. The molecular weight excluding hydrogens is 252 g/mol. The number of nitrogens with zero attached hydrogens (tertiary/aromatic N) is 1. The van der Waals surface area contributed by atoms with E-state index in [1.807, 2.05) is 7.05 Å². The SMILES string of the molecule is CNC(CCN(CCO)CCO)c1cc(C)cc(C)c1. The highest BCUT2D eigenvalue weighted by Crippen LogP contribution is 2.20. The molecular formula is C16H28N2O2. The maximum atomic E-state index is 9.04. The lowest BCUT2D eigenvalue weighted by Crippen LogP contribution is -2.33. The van der Waals surface area contributed by atoms with Crippen LogP contribution in [-0.4, -0.2) is 55.0 Å². The van der Waals surface area contributed by atoms with Gasteiger partial charge in [0.25, 0.3) is 0 Å². The zero-order chi connectivity index (χ0) is 15.0. The second kappa shape index (κ2) is 9.08. The third-order valence-electron chi connectivity index (χ3n) is 3.56. The molecule has 20 heavy (non-hydrogen) atoms. The zero-order valence-corrected chi connectivity index (χ0v) is 12.9. The Kier molecular flexibility index (Phi) is 7.77. The molecule has 0 heterocycles. The molecule has 0 aliphatic rings. The summed E-state index contributed by atoms with van der Waals surface area (Å²) >= 11 is 0. The van der Waals surface area contributed by atoms with Crippen LogP contribution < -0.4 is 5.32 Å². The van der Waals surface area contributed by atoms with Gasteiger partial charge >= 0.3 is 0 Å². The fraction of sp³-hybridized carbons (Fsp3) is 0.625. The number of benzene rings is 1. The molecule has 0 fully saturated rings. The molecule has 0 spiro atoms. The third kappa shape index (κ3) is 5.59. The molecule has 0 saturated carbocycles. The number of aliphatic hydroxyl groups excluding tert-OH is 2. The summed E-state index contributed by atoms with van der Waals surface area (Å²) in [6.07, 6.45) is 0.958. The summed E-state index contributed by atoms with van der Waals surface area (Å²) in [5.41, 5.74) is 3.86. The van der Waals surface area contributed by atoms with Crippen molar-refractivity contribution in [1.82, 2.24) is 10.2 Å². The second-order valence-electron chi connectivity index (χ2n) is 5.34. The Bertz CT molecular complexity index is 370. The van der Waals surface area contributed by atoms with Crippen molar-refractivity contribution in [1.29, 1.82) is 0 Å². The summed E-state index contributed by atoms with van der Waals surface area (Å²) in [5, 5.41) is 21.4. The Morgan fingerprint density at radius 2 is 1.55 bits per heavy atom. The second-order valence-corrected chi connectivity index (χ2v) is 5.34. The van der Waals surface area contributed by atoms with Crippen LogP contribution in [0.2, 0.25) is 0 Å². The van der Waals surface area contributed by atoms with Crippen LogP contribution in [-0.2, 0) is 0 Å². The van der Waals surface area contributed by atoms with Gasteiger partial charge < -0.3 is 15.5 Å². The van der Waals surface area contributed by atoms with Crippen molar-refractivity contribution in [2.45, 2.75) is 26.3 Å². The average molecular weight is 280 g/mol. The van der Waals surface area contributed by atoms with Crippen molar-refractivity contribution in [2.24, 2.45) is 0 Å². The first-order chi connectivity index (χ1) is 9.60. The fourth-order valence-corrected chi connectivity index (χ4v) is 2.62. The average Bonchev–Trinajstić information content (AvgIpc) is 2.38. The zero-order valence-electron chi connectivity index (χ0n) is 12.9. The summed E-state index contributed by atoms with van der Waals surface area (Å²) in [7, 11) is 1.98. The number of aryl methyl sites for hydroxylation is 2. The van der Waals surface area contributed by atoms with Crippen molar-refractivity contribution in [3.05, 3.63) is 34.9 Å². The van der Waals surface area contributed by atoms with Gasteiger partial charge in [-0.2, -0.15) is 0 Å². The number of aliphatic hydroxyl groups is 2. The van der Waals surface area contributed by atoms with E-state index in [9.17, 15) is 0 Å². The van der Waals surface area contributed by atoms with Crippen LogP contribution in [0, 0.1) is 13.8 Å². The van der Waals surface area contributed by atoms with Crippen LogP contribution in [0.4, 0.5) is 0 Å². The third-order valence-corrected chi connectivity index (χ3v) is 3.56. The normalized spacial score (nSPS) is 12.9. The van der Waals surface area contributed by atoms with Gasteiger partial charge in [-0.3, -0.25) is 4.90 Å². The van der Waals surface area contributed by atoms with Gasteiger partial charge in [0.2, 0.25) is 0 Å². The van der Waals surface area contributed by atoms with E-state index < -0.39 is 0 Å². The van der Waals surface area contributed by atoms with Crippen LogP contribution in [0.3, 0.4) is 0 Å². The quantitative estimate of drug-likeness (QED) is 0.637. The smallest absolute Gasteiger partial charge is 0.0558 e. The van der Waals surface area contributed by atoms with Gasteiger partial charge in [-0.25, -0.2) is 0 Å². The molecule has 1 aromatic carbocycles. The molecule has 0 saturated heterocycles. The summed E-state index contributed by atoms with van der Waals surface area (Å²) in [6.45, 7) is 6.59. The van der Waals surface area contributed by atoms with E-state index in [0.29, 0.717) is 19.1 Å². The maximum Gasteiger partial charge on any atom is 0.0558 e. The maximum absolute atomic E-state index is 9.04. The molecule has 1 atom stereocenters. The van der Waals surface area contributed by atoms with E-state index in [1.165, 1.54) is 16.7 Å². The van der Waals surface area contributed by atoms with Gasteiger partial charge in [-0.05, 0) is 32.9 Å². The van der Waals surface area contributed by atoms with E-state index in [0.717, 1.165) is 13.0 Å². The molecule has 0 aliphatic heterocycles. The van der Waals surface area contributed by atoms with Gasteiger partial charge in [0.05, 0.1) is 13.2 Å². The molecule has 0 aromatic heterocycles. The molecule has 0 aliphatic carbocycles. The van der Waals surface area contributed by atoms with E-state index in [1.54, 1.807) is 0 Å².